The molecule has 0 saturated heterocycles. The van der Waals surface area contributed by atoms with Gasteiger partial charge in [0, 0.05) is 13.0 Å². The molecule has 0 unspecified atom stereocenters. The van der Waals surface area contributed by atoms with Crippen molar-refractivity contribution in [3.8, 4) is 0 Å². The number of para-hydroxylation sites is 1. The number of aryl methyl sites for hydroxylation is 1. The van der Waals surface area contributed by atoms with Gasteiger partial charge in [0.05, 0.1) is 4.90 Å². The highest BCUT2D eigenvalue weighted by Crippen LogP contribution is 2.18. The summed E-state index contributed by atoms with van der Waals surface area (Å²) in [5.41, 5.74) is 0.263. The maximum absolute atomic E-state index is 13.5. The highest BCUT2D eigenvalue weighted by Gasteiger charge is 2.13. The minimum Gasteiger partial charge on any atom is -0.321 e. The van der Waals surface area contributed by atoms with Crippen molar-refractivity contribution in [1.29, 1.82) is 0 Å². The average Bonchev–Trinajstić information content (AvgIpc) is 2.57. The van der Waals surface area contributed by atoms with E-state index in [4.69, 9.17) is 0 Å². The van der Waals surface area contributed by atoms with Gasteiger partial charge in [-0.2, -0.15) is 0 Å². The fourth-order valence-electron chi connectivity index (χ4n) is 2.19. The zero-order valence-corrected chi connectivity index (χ0v) is 14.4. The lowest BCUT2D eigenvalue weighted by Crippen LogP contribution is -2.23. The first-order chi connectivity index (χ1) is 11.8. The van der Waals surface area contributed by atoms with Crippen LogP contribution in [0.25, 0.3) is 0 Å². The molecule has 2 N–H and O–H groups in total. The second kappa shape index (κ2) is 8.17. The van der Waals surface area contributed by atoms with Crippen LogP contribution in [-0.2, 0) is 21.2 Å². The maximum Gasteiger partial charge on any atom is 0.240 e. The number of carbonyl (C=O) groups excluding carboxylic acids is 1. The third-order valence-corrected chi connectivity index (χ3v) is 5.00. The molecule has 1 amide bonds. The van der Waals surface area contributed by atoms with E-state index in [1.54, 1.807) is 19.1 Å². The van der Waals surface area contributed by atoms with Crippen molar-refractivity contribution in [2.75, 3.05) is 11.9 Å². The van der Waals surface area contributed by atoms with Crippen molar-refractivity contribution in [1.82, 2.24) is 4.72 Å². The van der Waals surface area contributed by atoms with Crippen molar-refractivity contribution in [3.63, 3.8) is 0 Å². The SMILES string of the molecule is CCNS(=O)(=O)c1ccc(CCC(=O)Nc2c(F)cccc2F)cc1. The normalized spacial score (nSPS) is 11.3. The minimum atomic E-state index is -3.52. The third-order valence-electron chi connectivity index (χ3n) is 3.44. The van der Waals surface area contributed by atoms with Gasteiger partial charge < -0.3 is 5.32 Å². The Morgan fingerprint density at radius 1 is 1.04 bits per heavy atom. The van der Waals surface area contributed by atoms with E-state index in [2.05, 4.69) is 10.0 Å². The quantitative estimate of drug-likeness (QED) is 0.789. The molecule has 0 heterocycles. The van der Waals surface area contributed by atoms with Crippen LogP contribution in [-0.4, -0.2) is 20.9 Å². The van der Waals surface area contributed by atoms with Crippen LogP contribution in [0.4, 0.5) is 14.5 Å². The second-order valence-electron chi connectivity index (χ2n) is 5.29. The Morgan fingerprint density at radius 3 is 2.20 bits per heavy atom. The molecule has 0 fully saturated rings. The van der Waals surface area contributed by atoms with Crippen LogP contribution in [0.2, 0.25) is 0 Å². The van der Waals surface area contributed by atoms with Crippen molar-refractivity contribution in [3.05, 3.63) is 59.7 Å². The average molecular weight is 368 g/mol. The monoisotopic (exact) mass is 368 g/mol. The predicted octanol–water partition coefficient (Wildman–Crippen LogP) is 2.83. The third kappa shape index (κ3) is 5.07. The zero-order chi connectivity index (χ0) is 18.4. The van der Waals surface area contributed by atoms with Crippen LogP contribution in [0.15, 0.2) is 47.4 Å². The summed E-state index contributed by atoms with van der Waals surface area (Å²) in [6.07, 6.45) is 0.316. The number of carbonyl (C=O) groups is 1. The van der Waals surface area contributed by atoms with Crippen LogP contribution in [0, 0.1) is 11.6 Å². The first-order valence-electron chi connectivity index (χ1n) is 7.66. The molecule has 0 aliphatic heterocycles. The number of halogens is 2. The Kier molecular flexibility index (Phi) is 6.22. The molecule has 0 saturated carbocycles. The van der Waals surface area contributed by atoms with Gasteiger partial charge in [-0.15, -0.1) is 0 Å². The van der Waals surface area contributed by atoms with Crippen molar-refractivity contribution in [2.24, 2.45) is 0 Å². The fourth-order valence-corrected chi connectivity index (χ4v) is 3.23. The highest BCUT2D eigenvalue weighted by atomic mass is 32.2. The number of rotatable bonds is 7. The first-order valence-corrected chi connectivity index (χ1v) is 9.14. The van der Waals surface area contributed by atoms with Gasteiger partial charge in [0.25, 0.3) is 0 Å². The minimum absolute atomic E-state index is 0.00702. The molecule has 0 atom stereocenters. The lowest BCUT2D eigenvalue weighted by molar-refractivity contribution is -0.116. The zero-order valence-electron chi connectivity index (χ0n) is 13.6. The molecule has 5 nitrogen and oxygen atoms in total. The van der Waals surface area contributed by atoms with E-state index in [9.17, 15) is 22.0 Å². The fraction of sp³-hybridized carbons (Fsp3) is 0.235. The Balaban J connectivity index is 1.96. The van der Waals surface area contributed by atoms with Gasteiger partial charge >= 0.3 is 0 Å². The van der Waals surface area contributed by atoms with Crippen molar-refractivity contribution in [2.45, 2.75) is 24.7 Å². The summed E-state index contributed by atoms with van der Waals surface area (Å²) in [4.78, 5) is 12.0. The number of sulfonamides is 1. The summed E-state index contributed by atoms with van der Waals surface area (Å²) in [6.45, 7) is 1.97. The molecule has 2 rings (SSSR count). The molecule has 2 aromatic rings. The van der Waals surface area contributed by atoms with Gasteiger partial charge in [-0.05, 0) is 36.2 Å². The van der Waals surface area contributed by atoms with Crippen LogP contribution in [0.3, 0.4) is 0 Å². The lowest BCUT2D eigenvalue weighted by atomic mass is 10.1. The first kappa shape index (κ1) is 19.0. The molecule has 25 heavy (non-hydrogen) atoms. The molecule has 0 aliphatic rings. The smallest absolute Gasteiger partial charge is 0.240 e. The highest BCUT2D eigenvalue weighted by molar-refractivity contribution is 7.89. The summed E-state index contributed by atoms with van der Waals surface area (Å²) in [5.74, 6) is -2.22. The molecule has 0 aromatic heterocycles. The second-order valence-corrected chi connectivity index (χ2v) is 7.06. The molecule has 8 heteroatoms. The summed E-state index contributed by atoms with van der Waals surface area (Å²) >= 11 is 0. The van der Waals surface area contributed by atoms with E-state index in [0.717, 1.165) is 17.7 Å². The Hall–Kier alpha value is -2.32. The Bertz CT molecular complexity index is 832. The van der Waals surface area contributed by atoms with Crippen LogP contribution in [0.1, 0.15) is 18.9 Å². The molecular weight excluding hydrogens is 350 g/mol. The molecule has 0 spiro atoms. The van der Waals surface area contributed by atoms with E-state index in [1.807, 2.05) is 0 Å². The van der Waals surface area contributed by atoms with Crippen molar-refractivity contribution >= 4 is 21.6 Å². The summed E-state index contributed by atoms with van der Waals surface area (Å²) in [5, 5.41) is 2.21. The van der Waals surface area contributed by atoms with Crippen LogP contribution >= 0.6 is 0 Å². The molecule has 0 bridgehead atoms. The number of nitrogens with one attached hydrogen (secondary N) is 2. The van der Waals surface area contributed by atoms with Gasteiger partial charge in [0.2, 0.25) is 15.9 Å². The largest absolute Gasteiger partial charge is 0.321 e. The van der Waals surface area contributed by atoms with Gasteiger partial charge in [0.15, 0.2) is 0 Å². The lowest BCUT2D eigenvalue weighted by Gasteiger charge is -2.08. The van der Waals surface area contributed by atoms with Gasteiger partial charge in [-0.3, -0.25) is 4.79 Å². The van der Waals surface area contributed by atoms with E-state index in [0.29, 0.717) is 6.42 Å². The number of amides is 1. The number of hydrogen-bond acceptors (Lipinski definition) is 3. The molecule has 134 valence electrons. The standard InChI is InChI=1S/C17H18F2N2O3S/c1-2-20-25(23,24)13-9-6-12(7-10-13)8-11-16(22)21-17-14(18)4-3-5-15(17)19/h3-7,9-10,20H,2,8,11H2,1H3,(H,21,22). The Morgan fingerprint density at radius 2 is 1.64 bits per heavy atom. The maximum atomic E-state index is 13.5. The number of benzene rings is 2. The predicted molar refractivity (Wildman–Crippen MR) is 90.6 cm³/mol. The van der Waals surface area contributed by atoms with E-state index >= 15 is 0 Å². The molecule has 0 radical (unpaired) electrons. The number of hydrogen-bond donors (Lipinski definition) is 2. The summed E-state index contributed by atoms with van der Waals surface area (Å²) < 4.78 is 53.0. The summed E-state index contributed by atoms with van der Waals surface area (Å²) in [7, 11) is -3.52. The van der Waals surface area contributed by atoms with Crippen molar-refractivity contribution < 1.29 is 22.0 Å². The van der Waals surface area contributed by atoms with Gasteiger partial charge in [0.1, 0.15) is 17.3 Å². The van der Waals surface area contributed by atoms with Gasteiger partial charge in [-0.1, -0.05) is 25.1 Å². The van der Waals surface area contributed by atoms with E-state index in [1.165, 1.54) is 18.2 Å². The van der Waals surface area contributed by atoms with Gasteiger partial charge in [-0.25, -0.2) is 21.9 Å². The van der Waals surface area contributed by atoms with Crippen LogP contribution in [0.5, 0.6) is 0 Å². The number of anilines is 1. The molecular formula is C17H18F2N2O3S. The molecule has 0 aliphatic carbocycles. The topological polar surface area (TPSA) is 75.3 Å². The summed E-state index contributed by atoms with van der Waals surface area (Å²) in [6, 6.07) is 9.42. The van der Waals surface area contributed by atoms with E-state index in [-0.39, 0.29) is 17.9 Å². The molecule has 2 aromatic carbocycles. The van der Waals surface area contributed by atoms with Crippen LogP contribution < -0.4 is 10.0 Å². The van der Waals surface area contributed by atoms with E-state index < -0.39 is 33.3 Å². The Labute approximate surface area is 145 Å².